The zero-order valence-electron chi connectivity index (χ0n) is 8.82. The molecule has 0 saturated carbocycles. The summed E-state index contributed by atoms with van der Waals surface area (Å²) >= 11 is 6.00. The first-order valence-corrected chi connectivity index (χ1v) is 5.88. The second-order valence-electron chi connectivity index (χ2n) is 4.04. The summed E-state index contributed by atoms with van der Waals surface area (Å²) in [5.41, 5.74) is 6.94. The summed E-state index contributed by atoms with van der Waals surface area (Å²) in [5.74, 6) is 0. The lowest BCUT2D eigenvalue weighted by molar-refractivity contribution is 0.265. The molecule has 0 spiro atoms. The average molecular weight is 225 g/mol. The number of halogens is 1. The van der Waals surface area contributed by atoms with E-state index in [-0.39, 0.29) is 0 Å². The lowest BCUT2D eigenvalue weighted by Crippen LogP contribution is -2.29. The van der Waals surface area contributed by atoms with Crippen molar-refractivity contribution in [2.75, 3.05) is 19.6 Å². The first-order valence-electron chi connectivity index (χ1n) is 5.51. The Labute approximate surface area is 96.0 Å². The summed E-state index contributed by atoms with van der Waals surface area (Å²) in [6, 6.07) is 8.70. The van der Waals surface area contributed by atoms with Gasteiger partial charge < -0.3 is 5.73 Å². The molecular formula is C12H17ClN2. The van der Waals surface area contributed by atoms with E-state index in [0.717, 1.165) is 24.7 Å². The zero-order chi connectivity index (χ0) is 10.7. The van der Waals surface area contributed by atoms with Crippen LogP contribution in [0.3, 0.4) is 0 Å². The van der Waals surface area contributed by atoms with Gasteiger partial charge in [0.2, 0.25) is 0 Å². The Balaban J connectivity index is 2.15. The SMILES string of the molecule is NCCN1CCCC1c1cccc(Cl)c1. The van der Waals surface area contributed by atoms with E-state index in [4.69, 9.17) is 17.3 Å². The molecule has 82 valence electrons. The van der Waals surface area contributed by atoms with Gasteiger partial charge >= 0.3 is 0 Å². The summed E-state index contributed by atoms with van der Waals surface area (Å²) in [6.45, 7) is 2.88. The standard InChI is InChI=1S/C12H17ClN2/c13-11-4-1-3-10(9-11)12-5-2-7-15(12)8-6-14/h1,3-4,9,12H,2,5-8,14H2. The van der Waals surface area contributed by atoms with Gasteiger partial charge in [-0.25, -0.2) is 0 Å². The van der Waals surface area contributed by atoms with Crippen LogP contribution >= 0.6 is 11.6 Å². The second-order valence-corrected chi connectivity index (χ2v) is 4.47. The van der Waals surface area contributed by atoms with Crippen LogP contribution in [0.4, 0.5) is 0 Å². The quantitative estimate of drug-likeness (QED) is 0.855. The van der Waals surface area contributed by atoms with Crippen LogP contribution in [0.15, 0.2) is 24.3 Å². The molecule has 1 heterocycles. The van der Waals surface area contributed by atoms with Crippen LogP contribution < -0.4 is 5.73 Å². The molecule has 1 aliphatic heterocycles. The largest absolute Gasteiger partial charge is 0.329 e. The highest BCUT2D eigenvalue weighted by Crippen LogP contribution is 2.32. The molecule has 0 radical (unpaired) electrons. The van der Waals surface area contributed by atoms with Crippen molar-refractivity contribution < 1.29 is 0 Å². The van der Waals surface area contributed by atoms with Gasteiger partial charge in [0, 0.05) is 24.2 Å². The molecule has 0 aliphatic carbocycles. The van der Waals surface area contributed by atoms with Gasteiger partial charge in [0.1, 0.15) is 0 Å². The Morgan fingerprint density at radius 2 is 2.33 bits per heavy atom. The minimum absolute atomic E-state index is 0.521. The number of likely N-dealkylation sites (tertiary alicyclic amines) is 1. The van der Waals surface area contributed by atoms with E-state index in [1.807, 2.05) is 12.1 Å². The fourth-order valence-electron chi connectivity index (χ4n) is 2.35. The Kier molecular flexibility index (Phi) is 3.62. The predicted octanol–water partition coefficient (Wildman–Crippen LogP) is 2.44. The first-order chi connectivity index (χ1) is 7.31. The molecule has 15 heavy (non-hydrogen) atoms. The van der Waals surface area contributed by atoms with Crippen LogP contribution in [0.2, 0.25) is 5.02 Å². The lowest BCUT2D eigenvalue weighted by atomic mass is 10.0. The molecule has 2 N–H and O–H groups in total. The van der Waals surface area contributed by atoms with E-state index in [9.17, 15) is 0 Å². The van der Waals surface area contributed by atoms with Crippen molar-refractivity contribution in [3.63, 3.8) is 0 Å². The second kappa shape index (κ2) is 4.97. The van der Waals surface area contributed by atoms with Crippen LogP contribution in [0, 0.1) is 0 Å². The number of nitrogens with two attached hydrogens (primary N) is 1. The average Bonchev–Trinajstić information content (AvgIpc) is 2.66. The summed E-state index contributed by atoms with van der Waals surface area (Å²) in [5, 5.41) is 0.826. The van der Waals surface area contributed by atoms with Crippen LogP contribution in [0.1, 0.15) is 24.4 Å². The van der Waals surface area contributed by atoms with Crippen molar-refractivity contribution in [2.24, 2.45) is 5.73 Å². The number of hydrogen-bond donors (Lipinski definition) is 1. The van der Waals surface area contributed by atoms with Gasteiger partial charge in [0.15, 0.2) is 0 Å². The highest BCUT2D eigenvalue weighted by atomic mass is 35.5. The van der Waals surface area contributed by atoms with E-state index in [2.05, 4.69) is 17.0 Å². The van der Waals surface area contributed by atoms with Crippen molar-refractivity contribution in [3.05, 3.63) is 34.9 Å². The Hall–Kier alpha value is -0.570. The maximum atomic E-state index is 6.00. The minimum Gasteiger partial charge on any atom is -0.329 e. The fraction of sp³-hybridized carbons (Fsp3) is 0.500. The topological polar surface area (TPSA) is 29.3 Å². The van der Waals surface area contributed by atoms with Crippen LogP contribution in [0.25, 0.3) is 0 Å². The monoisotopic (exact) mass is 224 g/mol. The normalized spacial score (nSPS) is 22.1. The Morgan fingerprint density at radius 1 is 1.47 bits per heavy atom. The Morgan fingerprint density at radius 3 is 3.07 bits per heavy atom. The fourth-order valence-corrected chi connectivity index (χ4v) is 2.55. The maximum absolute atomic E-state index is 6.00. The van der Waals surface area contributed by atoms with Crippen molar-refractivity contribution in [1.82, 2.24) is 4.90 Å². The molecular weight excluding hydrogens is 208 g/mol. The van der Waals surface area contributed by atoms with E-state index in [1.165, 1.54) is 18.4 Å². The number of benzene rings is 1. The van der Waals surface area contributed by atoms with E-state index < -0.39 is 0 Å². The summed E-state index contributed by atoms with van der Waals surface area (Å²) in [4.78, 5) is 2.45. The molecule has 2 rings (SSSR count). The van der Waals surface area contributed by atoms with Crippen molar-refractivity contribution >= 4 is 11.6 Å². The van der Waals surface area contributed by atoms with E-state index in [0.29, 0.717) is 6.04 Å². The summed E-state index contributed by atoms with van der Waals surface area (Å²) in [6.07, 6.45) is 2.48. The predicted molar refractivity (Wildman–Crippen MR) is 64.1 cm³/mol. The summed E-state index contributed by atoms with van der Waals surface area (Å²) < 4.78 is 0. The van der Waals surface area contributed by atoms with Crippen LogP contribution in [-0.4, -0.2) is 24.5 Å². The van der Waals surface area contributed by atoms with E-state index >= 15 is 0 Å². The van der Waals surface area contributed by atoms with Crippen LogP contribution in [0.5, 0.6) is 0 Å². The lowest BCUT2D eigenvalue weighted by Gasteiger charge is -2.24. The summed E-state index contributed by atoms with van der Waals surface area (Å²) in [7, 11) is 0. The van der Waals surface area contributed by atoms with Crippen molar-refractivity contribution in [2.45, 2.75) is 18.9 Å². The third kappa shape index (κ3) is 2.51. The maximum Gasteiger partial charge on any atom is 0.0409 e. The molecule has 0 amide bonds. The zero-order valence-corrected chi connectivity index (χ0v) is 9.58. The van der Waals surface area contributed by atoms with Gasteiger partial charge in [-0.1, -0.05) is 23.7 Å². The number of rotatable bonds is 3. The molecule has 1 fully saturated rings. The molecule has 2 nitrogen and oxygen atoms in total. The third-order valence-corrected chi connectivity index (χ3v) is 3.25. The van der Waals surface area contributed by atoms with Gasteiger partial charge in [-0.3, -0.25) is 4.90 Å². The molecule has 0 aromatic heterocycles. The van der Waals surface area contributed by atoms with Gasteiger partial charge in [0.25, 0.3) is 0 Å². The molecule has 1 unspecified atom stereocenters. The highest BCUT2D eigenvalue weighted by Gasteiger charge is 2.24. The molecule has 3 heteroatoms. The van der Waals surface area contributed by atoms with Gasteiger partial charge in [-0.05, 0) is 37.1 Å². The molecule has 1 atom stereocenters. The molecule has 0 bridgehead atoms. The third-order valence-electron chi connectivity index (χ3n) is 3.01. The molecule has 1 saturated heterocycles. The van der Waals surface area contributed by atoms with Gasteiger partial charge in [0.05, 0.1) is 0 Å². The number of hydrogen-bond acceptors (Lipinski definition) is 2. The van der Waals surface area contributed by atoms with Crippen LogP contribution in [-0.2, 0) is 0 Å². The van der Waals surface area contributed by atoms with Gasteiger partial charge in [-0.15, -0.1) is 0 Å². The smallest absolute Gasteiger partial charge is 0.0409 e. The van der Waals surface area contributed by atoms with Crippen molar-refractivity contribution in [3.8, 4) is 0 Å². The van der Waals surface area contributed by atoms with Gasteiger partial charge in [-0.2, -0.15) is 0 Å². The molecule has 1 aliphatic rings. The Bertz CT molecular complexity index is 327. The first kappa shape index (κ1) is 10.9. The molecule has 1 aromatic carbocycles. The minimum atomic E-state index is 0.521. The van der Waals surface area contributed by atoms with E-state index in [1.54, 1.807) is 0 Å². The highest BCUT2D eigenvalue weighted by molar-refractivity contribution is 6.30. The van der Waals surface area contributed by atoms with Crippen molar-refractivity contribution in [1.29, 1.82) is 0 Å². The molecule has 1 aromatic rings. The number of nitrogens with zero attached hydrogens (tertiary/aromatic N) is 1.